The van der Waals surface area contributed by atoms with Gasteiger partial charge in [-0.2, -0.15) is 4.31 Å². The lowest BCUT2D eigenvalue weighted by molar-refractivity contribution is 0.102. The molecule has 0 saturated heterocycles. The minimum atomic E-state index is -3.75. The molecule has 2 aromatic carbocycles. The fourth-order valence-electron chi connectivity index (χ4n) is 2.65. The summed E-state index contributed by atoms with van der Waals surface area (Å²) in [6, 6.07) is 6.20. The SMILES string of the molecule is CCOc1ccc(S(=O)(=O)N(CC)CC)cc1NC(=O)c1cc(F)c(Cl)cc1Cl. The van der Waals surface area contributed by atoms with E-state index in [9.17, 15) is 17.6 Å². The molecular weight excluding hydrogens is 442 g/mol. The van der Waals surface area contributed by atoms with E-state index in [1.807, 2.05) is 0 Å². The Bertz CT molecular complexity index is 1010. The molecule has 0 atom stereocenters. The number of carbonyl (C=O) groups is 1. The molecule has 1 N–H and O–H groups in total. The Balaban J connectivity index is 2.48. The number of benzene rings is 2. The summed E-state index contributed by atoms with van der Waals surface area (Å²) in [6.07, 6.45) is 0. The van der Waals surface area contributed by atoms with E-state index in [1.165, 1.54) is 22.5 Å². The van der Waals surface area contributed by atoms with Gasteiger partial charge >= 0.3 is 0 Å². The zero-order chi connectivity index (χ0) is 21.8. The van der Waals surface area contributed by atoms with Gasteiger partial charge in [-0.3, -0.25) is 4.79 Å². The van der Waals surface area contributed by atoms with Crippen molar-refractivity contribution in [2.45, 2.75) is 25.7 Å². The van der Waals surface area contributed by atoms with Crippen LogP contribution in [0.25, 0.3) is 0 Å². The first-order chi connectivity index (χ1) is 13.6. The number of halogens is 3. The maximum absolute atomic E-state index is 13.8. The predicted octanol–water partition coefficient (Wildman–Crippen LogP) is 4.81. The van der Waals surface area contributed by atoms with Crippen LogP contribution in [-0.4, -0.2) is 38.3 Å². The summed E-state index contributed by atoms with van der Waals surface area (Å²) in [5.74, 6) is -1.27. The highest BCUT2D eigenvalue weighted by molar-refractivity contribution is 7.89. The van der Waals surface area contributed by atoms with Crippen molar-refractivity contribution in [3.8, 4) is 5.75 Å². The first-order valence-electron chi connectivity index (χ1n) is 8.88. The van der Waals surface area contributed by atoms with E-state index in [1.54, 1.807) is 20.8 Å². The number of anilines is 1. The van der Waals surface area contributed by atoms with Gasteiger partial charge in [-0.05, 0) is 37.3 Å². The molecule has 1 amide bonds. The van der Waals surface area contributed by atoms with Gasteiger partial charge in [-0.1, -0.05) is 37.0 Å². The molecule has 0 unspecified atom stereocenters. The lowest BCUT2D eigenvalue weighted by atomic mass is 10.2. The molecule has 2 aromatic rings. The first kappa shape index (κ1) is 23.4. The summed E-state index contributed by atoms with van der Waals surface area (Å²) >= 11 is 11.7. The van der Waals surface area contributed by atoms with E-state index in [0.29, 0.717) is 19.7 Å². The van der Waals surface area contributed by atoms with Crippen LogP contribution in [0.2, 0.25) is 10.0 Å². The van der Waals surface area contributed by atoms with Crippen molar-refractivity contribution in [1.82, 2.24) is 4.31 Å². The third-order valence-corrected chi connectivity index (χ3v) is 6.75. The van der Waals surface area contributed by atoms with Crippen molar-refractivity contribution in [3.05, 3.63) is 51.8 Å². The van der Waals surface area contributed by atoms with E-state index in [4.69, 9.17) is 27.9 Å². The van der Waals surface area contributed by atoms with Crippen molar-refractivity contribution >= 4 is 44.8 Å². The van der Waals surface area contributed by atoms with Crippen molar-refractivity contribution < 1.29 is 22.3 Å². The third kappa shape index (κ3) is 5.19. The third-order valence-electron chi connectivity index (χ3n) is 4.10. The fraction of sp³-hybridized carbons (Fsp3) is 0.316. The molecular formula is C19H21Cl2FN2O4S. The average Bonchev–Trinajstić information content (AvgIpc) is 2.66. The Morgan fingerprint density at radius 1 is 1.10 bits per heavy atom. The number of nitrogens with one attached hydrogen (secondary N) is 1. The quantitative estimate of drug-likeness (QED) is 0.570. The van der Waals surface area contributed by atoms with Crippen LogP contribution in [0.5, 0.6) is 5.75 Å². The summed E-state index contributed by atoms with van der Waals surface area (Å²) in [6.45, 7) is 6.10. The molecule has 29 heavy (non-hydrogen) atoms. The van der Waals surface area contributed by atoms with Gasteiger partial charge < -0.3 is 10.1 Å². The van der Waals surface area contributed by atoms with Gasteiger partial charge in [-0.15, -0.1) is 0 Å². The molecule has 0 heterocycles. The monoisotopic (exact) mass is 462 g/mol. The summed E-state index contributed by atoms with van der Waals surface area (Å²) in [7, 11) is -3.75. The van der Waals surface area contributed by atoms with E-state index in [2.05, 4.69) is 5.32 Å². The lowest BCUT2D eigenvalue weighted by Crippen LogP contribution is -2.30. The molecule has 0 aliphatic carbocycles. The van der Waals surface area contributed by atoms with Crippen molar-refractivity contribution in [3.63, 3.8) is 0 Å². The molecule has 6 nitrogen and oxygen atoms in total. The summed E-state index contributed by atoms with van der Waals surface area (Å²) < 4.78 is 46.1. The van der Waals surface area contributed by atoms with Gasteiger partial charge in [0.15, 0.2) is 0 Å². The smallest absolute Gasteiger partial charge is 0.257 e. The van der Waals surface area contributed by atoms with E-state index < -0.39 is 21.7 Å². The van der Waals surface area contributed by atoms with Crippen LogP contribution >= 0.6 is 23.2 Å². The van der Waals surface area contributed by atoms with Crippen molar-refractivity contribution in [2.24, 2.45) is 0 Å². The van der Waals surface area contributed by atoms with Gasteiger partial charge in [0, 0.05) is 13.1 Å². The maximum Gasteiger partial charge on any atom is 0.257 e. The highest BCUT2D eigenvalue weighted by atomic mass is 35.5. The highest BCUT2D eigenvalue weighted by Gasteiger charge is 2.24. The maximum atomic E-state index is 13.8. The number of hydrogen-bond donors (Lipinski definition) is 1. The molecule has 0 bridgehead atoms. The van der Waals surface area contributed by atoms with Crippen molar-refractivity contribution in [1.29, 1.82) is 0 Å². The lowest BCUT2D eigenvalue weighted by Gasteiger charge is -2.20. The predicted molar refractivity (Wildman–Crippen MR) is 112 cm³/mol. The largest absolute Gasteiger partial charge is 0.492 e. The second-order valence-corrected chi connectivity index (χ2v) is 8.63. The Hall–Kier alpha value is -1.87. The van der Waals surface area contributed by atoms with Gasteiger partial charge in [0.1, 0.15) is 11.6 Å². The summed E-state index contributed by atoms with van der Waals surface area (Å²) in [5, 5.41) is 2.29. The van der Waals surface area contributed by atoms with Gasteiger partial charge in [-0.25, -0.2) is 12.8 Å². The second-order valence-electron chi connectivity index (χ2n) is 5.88. The van der Waals surface area contributed by atoms with Gasteiger partial charge in [0.25, 0.3) is 5.91 Å². The van der Waals surface area contributed by atoms with Crippen LogP contribution in [0.15, 0.2) is 35.2 Å². The number of hydrogen-bond acceptors (Lipinski definition) is 4. The topological polar surface area (TPSA) is 75.7 Å². The van der Waals surface area contributed by atoms with Crippen LogP contribution in [-0.2, 0) is 10.0 Å². The van der Waals surface area contributed by atoms with Crippen LogP contribution in [0.1, 0.15) is 31.1 Å². The molecule has 0 aromatic heterocycles. The van der Waals surface area contributed by atoms with Crippen LogP contribution in [0, 0.1) is 5.82 Å². The van der Waals surface area contributed by atoms with Crippen LogP contribution in [0.4, 0.5) is 10.1 Å². The van der Waals surface area contributed by atoms with E-state index in [-0.39, 0.29) is 31.9 Å². The summed E-state index contributed by atoms with van der Waals surface area (Å²) in [5.41, 5.74) is -0.0236. The minimum Gasteiger partial charge on any atom is -0.492 e. The minimum absolute atomic E-state index is 0.00617. The molecule has 0 spiro atoms. The first-order valence-corrected chi connectivity index (χ1v) is 11.1. The molecule has 0 aliphatic heterocycles. The average molecular weight is 463 g/mol. The van der Waals surface area contributed by atoms with E-state index >= 15 is 0 Å². The number of rotatable bonds is 8. The van der Waals surface area contributed by atoms with Gasteiger partial charge in [0.2, 0.25) is 10.0 Å². The Morgan fingerprint density at radius 2 is 1.76 bits per heavy atom. The second kappa shape index (κ2) is 9.75. The molecule has 0 radical (unpaired) electrons. The van der Waals surface area contributed by atoms with Crippen molar-refractivity contribution in [2.75, 3.05) is 25.0 Å². The fourth-order valence-corrected chi connectivity index (χ4v) is 4.60. The van der Waals surface area contributed by atoms with Crippen LogP contribution < -0.4 is 10.1 Å². The molecule has 0 aliphatic rings. The molecule has 158 valence electrons. The number of ether oxygens (including phenoxy) is 1. The van der Waals surface area contributed by atoms with Gasteiger partial charge in [0.05, 0.1) is 32.8 Å². The number of carbonyl (C=O) groups excluding carboxylic acids is 1. The molecule has 0 fully saturated rings. The molecule has 10 heteroatoms. The standard InChI is InChI=1S/C19H21Cl2FN2O4S/c1-4-24(5-2)29(26,27)12-7-8-18(28-6-3)17(9-12)23-19(25)13-10-16(22)15(21)11-14(13)20/h7-11H,4-6H2,1-3H3,(H,23,25). The zero-order valence-electron chi connectivity index (χ0n) is 16.1. The Morgan fingerprint density at radius 3 is 2.34 bits per heavy atom. The summed E-state index contributed by atoms with van der Waals surface area (Å²) in [4.78, 5) is 12.6. The Labute approximate surface area is 179 Å². The number of amides is 1. The molecule has 2 rings (SSSR count). The molecule has 0 saturated carbocycles. The van der Waals surface area contributed by atoms with Crippen LogP contribution in [0.3, 0.4) is 0 Å². The number of nitrogens with zero attached hydrogens (tertiary/aromatic N) is 1. The number of sulfonamides is 1. The zero-order valence-corrected chi connectivity index (χ0v) is 18.5. The Kier molecular flexibility index (Phi) is 7.87. The van der Waals surface area contributed by atoms with E-state index in [0.717, 1.165) is 12.1 Å². The normalized spacial score (nSPS) is 11.6. The highest BCUT2D eigenvalue weighted by Crippen LogP contribution is 2.31.